The topological polar surface area (TPSA) is 87.7 Å². The molecule has 0 spiro atoms. The van der Waals surface area contributed by atoms with Crippen molar-refractivity contribution in [3.8, 4) is 0 Å². The quantitative estimate of drug-likeness (QED) is 0.501. The number of alkyl halides is 1. The van der Waals surface area contributed by atoms with Crippen molar-refractivity contribution in [2.24, 2.45) is 5.92 Å². The normalized spacial score (nSPS) is 34.9. The molecule has 4 heterocycles. The summed E-state index contributed by atoms with van der Waals surface area (Å²) < 4.78 is 22.5. The molecule has 1 amide bonds. The van der Waals surface area contributed by atoms with Crippen LogP contribution in [0.25, 0.3) is 0 Å². The van der Waals surface area contributed by atoms with Gasteiger partial charge in [0.15, 0.2) is 5.78 Å². The molecule has 2 aliphatic carbocycles. The molecule has 0 aromatic carbocycles. The van der Waals surface area contributed by atoms with Gasteiger partial charge in [-0.2, -0.15) is 11.8 Å². The molecule has 2 saturated carbocycles. The number of carbonyl (C=O) groups is 2. The fourth-order valence-electron chi connectivity index (χ4n) is 7.09. The lowest BCUT2D eigenvalue weighted by atomic mass is 9.71. The van der Waals surface area contributed by atoms with E-state index in [4.69, 9.17) is 4.74 Å². The molecule has 0 radical (unpaired) electrons. The van der Waals surface area contributed by atoms with Crippen LogP contribution in [0.15, 0.2) is 30.4 Å². The maximum Gasteiger partial charge on any atom is 0.256 e. The van der Waals surface area contributed by atoms with Gasteiger partial charge >= 0.3 is 0 Å². The predicted octanol–water partition coefficient (Wildman–Crippen LogP) is 2.54. The Hall–Kier alpha value is -2.04. The van der Waals surface area contributed by atoms with Gasteiger partial charge in [0.1, 0.15) is 6.17 Å². The number of hydrogen-bond acceptors (Lipinski definition) is 8. The van der Waals surface area contributed by atoms with E-state index >= 15 is 4.39 Å². The highest BCUT2D eigenvalue weighted by molar-refractivity contribution is 8.00. The van der Waals surface area contributed by atoms with Crippen molar-refractivity contribution < 1.29 is 18.7 Å². The number of aromatic nitrogens is 2. The van der Waals surface area contributed by atoms with Gasteiger partial charge in [-0.15, -0.1) is 0 Å². The van der Waals surface area contributed by atoms with Crippen molar-refractivity contribution in [3.63, 3.8) is 0 Å². The lowest BCUT2D eigenvalue weighted by Crippen LogP contribution is -2.70. The third kappa shape index (κ3) is 5.23. The number of rotatable bonds is 8. The summed E-state index contributed by atoms with van der Waals surface area (Å²) in [6.45, 7) is 3.44. The first kappa shape index (κ1) is 26.2. The van der Waals surface area contributed by atoms with Gasteiger partial charge in [-0.25, -0.2) is 4.39 Å². The molecular weight excluding hydrogens is 505 g/mol. The Labute approximate surface area is 228 Å². The number of Topliss-reactive ketones (excluding diaryl/α,β-unsaturated/α-hetero) is 1. The van der Waals surface area contributed by atoms with Crippen molar-refractivity contribution in [2.45, 2.75) is 87.1 Å². The maximum atomic E-state index is 15.8. The maximum absolute atomic E-state index is 15.8. The lowest BCUT2D eigenvalue weighted by Gasteiger charge is -2.59. The van der Waals surface area contributed by atoms with Crippen molar-refractivity contribution in [3.05, 3.63) is 36.1 Å². The monoisotopic (exact) mass is 543 g/mol. The van der Waals surface area contributed by atoms with E-state index in [9.17, 15) is 9.59 Å². The second-order valence-electron chi connectivity index (χ2n) is 11.3. The van der Waals surface area contributed by atoms with Crippen LogP contribution in [0.4, 0.5) is 4.39 Å². The smallest absolute Gasteiger partial charge is 0.256 e. The van der Waals surface area contributed by atoms with E-state index in [1.54, 1.807) is 30.4 Å². The second-order valence-corrected chi connectivity index (χ2v) is 12.6. The minimum absolute atomic E-state index is 0.00275. The molecule has 7 atom stereocenters. The molecule has 1 aromatic rings. The number of morpholine rings is 1. The number of ether oxygens (including phenoxy) is 1. The minimum Gasteiger partial charge on any atom is -0.369 e. The predicted molar refractivity (Wildman–Crippen MR) is 143 cm³/mol. The van der Waals surface area contributed by atoms with E-state index in [-0.39, 0.29) is 53.2 Å². The lowest BCUT2D eigenvalue weighted by molar-refractivity contribution is -0.185. The Balaban J connectivity index is 1.20. The molecule has 1 N–H and O–H groups in total. The summed E-state index contributed by atoms with van der Waals surface area (Å²) in [5.74, 6) is -0.389. The highest BCUT2D eigenvalue weighted by Gasteiger charge is 2.58. The van der Waals surface area contributed by atoms with Gasteiger partial charge in [0.25, 0.3) is 5.91 Å². The fourth-order valence-corrected chi connectivity index (χ4v) is 8.43. The number of nitrogens with zero attached hydrogens (tertiary/aromatic N) is 4. The highest BCUT2D eigenvalue weighted by atomic mass is 32.2. The van der Waals surface area contributed by atoms with Crippen LogP contribution in [0.5, 0.6) is 0 Å². The number of ketones is 1. The van der Waals surface area contributed by atoms with Crippen molar-refractivity contribution >= 4 is 23.5 Å². The molecule has 10 heteroatoms. The Morgan fingerprint density at radius 3 is 2.84 bits per heavy atom. The fraction of sp³-hybridized carbons (Fsp3) is 0.714. The Morgan fingerprint density at radius 2 is 2.03 bits per heavy atom. The summed E-state index contributed by atoms with van der Waals surface area (Å²) in [7, 11) is 0. The molecule has 8 nitrogen and oxygen atoms in total. The van der Waals surface area contributed by atoms with Crippen LogP contribution < -0.4 is 5.32 Å². The van der Waals surface area contributed by atoms with E-state index < -0.39 is 12.1 Å². The van der Waals surface area contributed by atoms with Crippen molar-refractivity contribution in [1.82, 2.24) is 25.1 Å². The number of amides is 1. The van der Waals surface area contributed by atoms with Gasteiger partial charge < -0.3 is 19.9 Å². The van der Waals surface area contributed by atoms with E-state index in [0.717, 1.165) is 51.0 Å². The molecule has 7 unspecified atom stereocenters. The second kappa shape index (κ2) is 11.6. The number of fused-ring (bicyclic) bond motifs is 2. The van der Waals surface area contributed by atoms with Gasteiger partial charge in [0.05, 0.1) is 40.8 Å². The van der Waals surface area contributed by atoms with Crippen molar-refractivity contribution in [1.29, 1.82) is 0 Å². The number of carbonyl (C=O) groups excluding carboxylic acids is 2. The molecule has 6 rings (SSSR count). The Bertz CT molecular complexity index is 1040. The van der Waals surface area contributed by atoms with Crippen LogP contribution >= 0.6 is 11.8 Å². The van der Waals surface area contributed by atoms with E-state index in [1.165, 1.54) is 12.8 Å². The minimum atomic E-state index is -1.17. The first-order chi connectivity index (χ1) is 18.6. The summed E-state index contributed by atoms with van der Waals surface area (Å²) in [5.41, 5.74) is 1.08. The van der Waals surface area contributed by atoms with Crippen LogP contribution in [-0.2, 0) is 20.7 Å². The summed E-state index contributed by atoms with van der Waals surface area (Å²) in [6, 6.07) is -0.0848. The molecule has 38 heavy (non-hydrogen) atoms. The Kier molecular flexibility index (Phi) is 8.00. The third-order valence-electron chi connectivity index (χ3n) is 8.96. The first-order valence-corrected chi connectivity index (χ1v) is 15.3. The number of hydrogen-bond donors (Lipinski definition) is 1. The molecule has 0 bridgehead atoms. The zero-order valence-electron chi connectivity index (χ0n) is 21.8. The largest absolute Gasteiger partial charge is 0.369 e. The van der Waals surface area contributed by atoms with Crippen LogP contribution in [0.2, 0.25) is 0 Å². The van der Waals surface area contributed by atoms with Gasteiger partial charge in [-0.3, -0.25) is 19.6 Å². The van der Waals surface area contributed by atoms with E-state index in [0.29, 0.717) is 18.7 Å². The average molecular weight is 544 g/mol. The van der Waals surface area contributed by atoms with Crippen molar-refractivity contribution in [2.75, 3.05) is 31.9 Å². The standard InChI is InChI=1S/C28H38FN5O3S/c29-21-15-19-24-26(27(21)38-14-7-18-16-30-8-9-31-18)37-23-6-2-1-5-22(23)34(24)17-20(25(19)35)28(36)32-10-13-33-11-3-4-12-33/h8-9,16-17,19,21-24,26-27H,1-7,10-15H2,(H,32,36). The molecule has 206 valence electrons. The SMILES string of the molecule is O=C(NCCN1CCCC1)C1=CN2C3CCCCC3OC3C(SCCc4cnccn4)C(F)CC(C1=O)C32. The molecule has 1 aromatic heterocycles. The highest BCUT2D eigenvalue weighted by Crippen LogP contribution is 2.48. The first-order valence-electron chi connectivity index (χ1n) is 14.3. The number of likely N-dealkylation sites (tertiary alicyclic amines) is 1. The van der Waals surface area contributed by atoms with Crippen LogP contribution in [0.3, 0.4) is 0 Å². The molecule has 2 saturated heterocycles. The van der Waals surface area contributed by atoms with Gasteiger partial charge in [-0.05, 0) is 50.9 Å². The van der Waals surface area contributed by atoms with Crippen LogP contribution in [-0.4, -0.2) is 99.1 Å². The zero-order valence-corrected chi connectivity index (χ0v) is 22.7. The number of nitrogens with one attached hydrogen (secondary N) is 1. The van der Waals surface area contributed by atoms with E-state index in [2.05, 4.69) is 25.1 Å². The molecule has 3 aliphatic heterocycles. The van der Waals surface area contributed by atoms with Crippen LogP contribution in [0.1, 0.15) is 50.6 Å². The van der Waals surface area contributed by atoms with E-state index in [1.807, 2.05) is 6.20 Å². The van der Waals surface area contributed by atoms with Gasteiger partial charge in [0.2, 0.25) is 0 Å². The number of thioether (sulfide) groups is 1. The summed E-state index contributed by atoms with van der Waals surface area (Å²) >= 11 is 1.59. The summed E-state index contributed by atoms with van der Waals surface area (Å²) in [4.78, 5) is 39.9. The number of halogens is 1. The third-order valence-corrected chi connectivity index (χ3v) is 10.3. The Morgan fingerprint density at radius 1 is 1.18 bits per heavy atom. The van der Waals surface area contributed by atoms with Gasteiger partial charge in [-0.1, -0.05) is 12.8 Å². The summed E-state index contributed by atoms with van der Waals surface area (Å²) in [5, 5.41) is 2.63. The summed E-state index contributed by atoms with van der Waals surface area (Å²) in [6.07, 6.45) is 12.7. The molecular formula is C28H38FN5O3S. The number of aryl methyl sites for hydroxylation is 1. The van der Waals surface area contributed by atoms with Gasteiger partial charge in [0, 0.05) is 50.2 Å². The molecule has 4 fully saturated rings. The zero-order chi connectivity index (χ0) is 26.1. The van der Waals surface area contributed by atoms with Crippen LogP contribution in [0, 0.1) is 5.92 Å². The average Bonchev–Trinajstić information content (AvgIpc) is 3.45. The molecule has 5 aliphatic rings.